The molecule has 2 atom stereocenters. The van der Waals surface area contributed by atoms with Crippen LogP contribution in [0.3, 0.4) is 0 Å². The lowest BCUT2D eigenvalue weighted by molar-refractivity contribution is -0.152. The zero-order valence-electron chi connectivity index (χ0n) is 17.7. The Kier molecular flexibility index (Phi) is 8.08. The van der Waals surface area contributed by atoms with E-state index in [9.17, 15) is 18.3 Å². The van der Waals surface area contributed by atoms with E-state index in [4.69, 9.17) is 21.0 Å². The molecular formula is C22H29N3O6S. The molecular weight excluding hydrogens is 434 g/mol. The van der Waals surface area contributed by atoms with Crippen LogP contribution in [0.2, 0.25) is 0 Å². The monoisotopic (exact) mass is 463 g/mol. The number of nitrogen functional groups attached to an aromatic ring is 1. The fraction of sp³-hybridized carbons (Fsp3) is 0.409. The minimum Gasteiger partial charge on any atom is -0.443 e. The number of hydrogen-bond donors (Lipinski definition) is 3. The average molecular weight is 464 g/mol. The lowest BCUT2D eigenvalue weighted by Crippen LogP contribution is -2.46. The van der Waals surface area contributed by atoms with Crippen LogP contribution < -0.4 is 11.5 Å². The summed E-state index contributed by atoms with van der Waals surface area (Å²) in [5, 5.41) is 10.9. The Bertz CT molecular complexity index is 978. The standard InChI is InChI=1S/C22H29N3O6S/c23-17-10-12-19(13-11-17)32(28,29)25(31-18-8-4-5-9-18)15-20(26)21(30-22(24)27)14-16-6-2-1-3-7-16/h1-3,6-7,10-13,18,20-21,26H,4-5,8-9,14-15,23H2,(H2,24,27). The first-order chi connectivity index (χ1) is 15.3. The van der Waals surface area contributed by atoms with Crippen molar-refractivity contribution >= 4 is 21.8 Å². The van der Waals surface area contributed by atoms with E-state index in [2.05, 4.69) is 0 Å². The Labute approximate surface area is 187 Å². The molecule has 3 rings (SSSR count). The summed E-state index contributed by atoms with van der Waals surface area (Å²) in [6.07, 6.45) is -0.327. The van der Waals surface area contributed by atoms with Crippen molar-refractivity contribution in [2.45, 2.75) is 55.3 Å². The van der Waals surface area contributed by atoms with E-state index in [-0.39, 0.29) is 17.4 Å². The number of nitrogens with two attached hydrogens (primary N) is 2. The van der Waals surface area contributed by atoms with E-state index in [1.165, 1.54) is 24.3 Å². The van der Waals surface area contributed by atoms with Gasteiger partial charge in [0, 0.05) is 12.1 Å². The van der Waals surface area contributed by atoms with E-state index in [0.29, 0.717) is 5.69 Å². The summed E-state index contributed by atoms with van der Waals surface area (Å²) in [7, 11) is -4.11. The number of aliphatic hydroxyl groups is 1. The Balaban J connectivity index is 1.83. The van der Waals surface area contributed by atoms with Gasteiger partial charge < -0.3 is 21.3 Å². The molecule has 0 radical (unpaired) electrons. The third-order valence-corrected chi connectivity index (χ3v) is 6.97. The lowest BCUT2D eigenvalue weighted by Gasteiger charge is -2.29. The fourth-order valence-electron chi connectivity index (χ4n) is 3.64. The highest BCUT2D eigenvalue weighted by Gasteiger charge is 2.34. The topological polar surface area (TPSA) is 145 Å². The lowest BCUT2D eigenvalue weighted by atomic mass is 10.0. The van der Waals surface area contributed by atoms with Gasteiger partial charge in [0.2, 0.25) is 0 Å². The first-order valence-corrected chi connectivity index (χ1v) is 11.9. The van der Waals surface area contributed by atoms with E-state index in [1.807, 2.05) is 30.3 Å². The number of amides is 1. The number of rotatable bonds is 10. The molecule has 0 spiro atoms. The summed E-state index contributed by atoms with van der Waals surface area (Å²) in [4.78, 5) is 17.2. The Hall–Kier alpha value is -2.66. The number of sulfonamides is 1. The summed E-state index contributed by atoms with van der Waals surface area (Å²) in [6.45, 7) is -0.437. The van der Waals surface area contributed by atoms with Crippen molar-refractivity contribution < 1.29 is 27.9 Å². The number of nitrogens with zero attached hydrogens (tertiary/aromatic N) is 1. The van der Waals surface area contributed by atoms with Crippen molar-refractivity contribution in [2.24, 2.45) is 5.73 Å². The molecule has 0 aliphatic heterocycles. The number of carbonyl (C=O) groups excluding carboxylic acids is 1. The van der Waals surface area contributed by atoms with E-state index in [0.717, 1.165) is 35.7 Å². The van der Waals surface area contributed by atoms with Gasteiger partial charge in [-0.2, -0.15) is 0 Å². The Morgan fingerprint density at radius 3 is 2.31 bits per heavy atom. The van der Waals surface area contributed by atoms with Gasteiger partial charge in [-0.15, -0.1) is 0 Å². The third-order valence-electron chi connectivity index (χ3n) is 5.33. The van der Waals surface area contributed by atoms with Gasteiger partial charge in [0.1, 0.15) is 12.2 Å². The van der Waals surface area contributed by atoms with Crippen LogP contribution in [0.25, 0.3) is 0 Å². The largest absolute Gasteiger partial charge is 0.443 e. The van der Waals surface area contributed by atoms with Crippen LogP contribution in [-0.4, -0.2) is 48.9 Å². The first kappa shape index (κ1) is 24.0. The molecule has 0 heterocycles. The van der Waals surface area contributed by atoms with E-state index >= 15 is 0 Å². The number of primary amides is 1. The van der Waals surface area contributed by atoms with Crippen LogP contribution in [0, 0.1) is 0 Å². The molecule has 0 bridgehead atoms. The Morgan fingerprint density at radius 1 is 1.09 bits per heavy atom. The number of ether oxygens (including phenoxy) is 1. The second kappa shape index (κ2) is 10.8. The number of aliphatic hydroxyl groups excluding tert-OH is 1. The maximum absolute atomic E-state index is 13.3. The summed E-state index contributed by atoms with van der Waals surface area (Å²) < 4.78 is 32.5. The molecule has 2 aromatic carbocycles. The van der Waals surface area contributed by atoms with Crippen molar-refractivity contribution in [3.05, 3.63) is 60.2 Å². The molecule has 32 heavy (non-hydrogen) atoms. The van der Waals surface area contributed by atoms with Crippen molar-refractivity contribution in [3.63, 3.8) is 0 Å². The van der Waals surface area contributed by atoms with E-state index < -0.39 is 34.9 Å². The smallest absolute Gasteiger partial charge is 0.404 e. The number of hydrogen-bond acceptors (Lipinski definition) is 7. The van der Waals surface area contributed by atoms with Crippen molar-refractivity contribution in [1.29, 1.82) is 0 Å². The van der Waals surface area contributed by atoms with Gasteiger partial charge in [-0.1, -0.05) is 47.6 Å². The van der Waals surface area contributed by atoms with Crippen LogP contribution in [0.1, 0.15) is 31.2 Å². The normalized spacial score (nSPS) is 16.7. The van der Waals surface area contributed by atoms with Gasteiger partial charge in [0.15, 0.2) is 0 Å². The molecule has 5 N–H and O–H groups in total. The molecule has 1 aliphatic rings. The highest BCUT2D eigenvalue weighted by molar-refractivity contribution is 7.89. The van der Waals surface area contributed by atoms with Crippen molar-refractivity contribution in [1.82, 2.24) is 4.47 Å². The van der Waals surface area contributed by atoms with Gasteiger partial charge in [0.05, 0.1) is 17.5 Å². The third kappa shape index (κ3) is 6.42. The molecule has 174 valence electrons. The number of carbonyl (C=O) groups is 1. The van der Waals surface area contributed by atoms with E-state index in [1.54, 1.807) is 0 Å². The Morgan fingerprint density at radius 2 is 1.72 bits per heavy atom. The number of hydroxylamine groups is 1. The van der Waals surface area contributed by atoms with Crippen LogP contribution in [-0.2, 0) is 26.0 Å². The molecule has 9 nitrogen and oxygen atoms in total. The van der Waals surface area contributed by atoms with Gasteiger partial charge >= 0.3 is 6.09 Å². The maximum Gasteiger partial charge on any atom is 0.404 e. The molecule has 2 aromatic rings. The van der Waals surface area contributed by atoms with Gasteiger partial charge in [-0.25, -0.2) is 13.2 Å². The van der Waals surface area contributed by atoms with Gasteiger partial charge in [-0.05, 0) is 42.7 Å². The molecule has 2 unspecified atom stereocenters. The summed E-state index contributed by atoms with van der Waals surface area (Å²) >= 11 is 0. The second-order valence-corrected chi connectivity index (χ2v) is 9.63. The zero-order chi connectivity index (χ0) is 23.1. The summed E-state index contributed by atoms with van der Waals surface area (Å²) in [5.74, 6) is 0. The highest BCUT2D eigenvalue weighted by atomic mass is 32.2. The summed E-state index contributed by atoms with van der Waals surface area (Å²) in [5.41, 5.74) is 12.1. The number of anilines is 1. The quantitative estimate of drug-likeness (QED) is 0.362. The van der Waals surface area contributed by atoms with Crippen LogP contribution in [0.4, 0.5) is 10.5 Å². The predicted octanol–water partition coefficient (Wildman–Crippen LogP) is 2.20. The molecule has 1 aliphatic carbocycles. The molecule has 10 heteroatoms. The molecule has 1 fully saturated rings. The zero-order valence-corrected chi connectivity index (χ0v) is 18.5. The van der Waals surface area contributed by atoms with Crippen LogP contribution in [0.15, 0.2) is 59.5 Å². The molecule has 0 saturated heterocycles. The highest BCUT2D eigenvalue weighted by Crippen LogP contribution is 2.26. The van der Waals surface area contributed by atoms with Gasteiger partial charge in [0.25, 0.3) is 10.0 Å². The molecule has 1 amide bonds. The molecule has 0 aromatic heterocycles. The SMILES string of the molecule is NC(=O)OC(Cc1ccccc1)C(O)CN(OC1CCCC1)S(=O)(=O)c1ccc(N)cc1. The average Bonchev–Trinajstić information content (AvgIpc) is 3.27. The number of benzene rings is 2. The predicted molar refractivity (Wildman–Crippen MR) is 119 cm³/mol. The molecule has 1 saturated carbocycles. The van der Waals surface area contributed by atoms with Crippen molar-refractivity contribution in [3.8, 4) is 0 Å². The van der Waals surface area contributed by atoms with Gasteiger partial charge in [-0.3, -0.25) is 4.84 Å². The minimum atomic E-state index is -4.11. The summed E-state index contributed by atoms with van der Waals surface area (Å²) in [6, 6.07) is 14.8. The van der Waals surface area contributed by atoms with Crippen molar-refractivity contribution in [2.75, 3.05) is 12.3 Å². The second-order valence-electron chi connectivity index (χ2n) is 7.80. The first-order valence-electron chi connectivity index (χ1n) is 10.5. The van der Waals surface area contributed by atoms with Crippen LogP contribution >= 0.6 is 0 Å². The van der Waals surface area contributed by atoms with Crippen LogP contribution in [0.5, 0.6) is 0 Å². The minimum absolute atomic E-state index is 0.0210. The fourth-order valence-corrected chi connectivity index (χ4v) is 4.94. The maximum atomic E-state index is 13.3.